The Morgan fingerprint density at radius 3 is 2.14 bits per heavy atom. The van der Waals surface area contributed by atoms with Crippen molar-refractivity contribution in [2.24, 2.45) is 0 Å². The number of rotatable bonds is 6. The number of alkyl halides is 3. The summed E-state index contributed by atoms with van der Waals surface area (Å²) in [6.45, 7) is 4.47. The number of nitrogens with zero attached hydrogens (tertiary/aromatic N) is 2. The number of hydrogen-bond acceptors (Lipinski definition) is 4. The number of piperazine rings is 1. The molecule has 10 heteroatoms. The molecule has 3 atom stereocenters. The SMILES string of the molecule is CCc1cc(CN2CC3CCC(C2)N3S(C)(=O)=O)ccc1-c1ccc(C(C)(O)C(F)(F)F)cc1F. The van der Waals surface area contributed by atoms with Gasteiger partial charge in [0.05, 0.1) is 6.26 Å². The van der Waals surface area contributed by atoms with Gasteiger partial charge in [0, 0.05) is 37.3 Å². The summed E-state index contributed by atoms with van der Waals surface area (Å²) in [6.07, 6.45) is -1.37. The molecule has 2 fully saturated rings. The maximum absolute atomic E-state index is 14.9. The fraction of sp³-hybridized carbons (Fsp3) is 0.520. The van der Waals surface area contributed by atoms with E-state index in [-0.39, 0.29) is 17.6 Å². The molecule has 0 amide bonds. The lowest BCUT2D eigenvalue weighted by atomic mass is 9.90. The van der Waals surface area contributed by atoms with Crippen LogP contribution in [0.5, 0.6) is 0 Å². The van der Waals surface area contributed by atoms with Crippen LogP contribution in [0, 0.1) is 5.82 Å². The van der Waals surface area contributed by atoms with E-state index in [2.05, 4.69) is 4.90 Å². The Bertz CT molecular complexity index is 1200. The van der Waals surface area contributed by atoms with Crippen molar-refractivity contribution in [1.29, 1.82) is 0 Å². The first kappa shape index (κ1) is 26.1. The quantitative estimate of drug-likeness (QED) is 0.580. The van der Waals surface area contributed by atoms with E-state index in [1.807, 2.05) is 19.1 Å². The van der Waals surface area contributed by atoms with Gasteiger partial charge in [-0.05, 0) is 54.5 Å². The van der Waals surface area contributed by atoms with E-state index in [0.717, 1.165) is 36.1 Å². The molecule has 0 radical (unpaired) electrons. The summed E-state index contributed by atoms with van der Waals surface area (Å²) in [5.74, 6) is -0.831. The number of aryl methyl sites for hydroxylation is 1. The molecule has 2 bridgehead atoms. The molecular formula is C25H30F4N2O3S. The molecule has 2 heterocycles. The first-order chi connectivity index (χ1) is 16.2. The Hall–Kier alpha value is -2.01. The molecule has 4 rings (SSSR count). The van der Waals surface area contributed by atoms with Crippen molar-refractivity contribution < 1.29 is 31.1 Å². The van der Waals surface area contributed by atoms with Crippen LogP contribution in [0.3, 0.4) is 0 Å². The standard InChI is InChI=1S/C25H30F4N2O3S/c1-4-17-11-16(13-30-14-19-7-8-20(15-30)31(19)35(3,33)34)5-9-21(17)22-10-6-18(12-23(22)26)24(2,32)25(27,28)29/h5-6,9-12,19-20,32H,4,7-8,13-15H2,1-3H3. The lowest BCUT2D eigenvalue weighted by molar-refractivity contribution is -0.258. The molecule has 2 aromatic rings. The van der Waals surface area contributed by atoms with E-state index in [4.69, 9.17) is 0 Å². The third kappa shape index (κ3) is 4.98. The van der Waals surface area contributed by atoms with Crippen molar-refractivity contribution in [3.8, 4) is 11.1 Å². The number of hydrogen-bond donors (Lipinski definition) is 1. The lowest BCUT2D eigenvalue weighted by Crippen LogP contribution is -2.54. The molecule has 0 aromatic heterocycles. The Morgan fingerprint density at radius 2 is 1.63 bits per heavy atom. The van der Waals surface area contributed by atoms with E-state index in [1.165, 1.54) is 12.3 Å². The fourth-order valence-corrected chi connectivity index (χ4v) is 6.81. The lowest BCUT2D eigenvalue weighted by Gasteiger charge is -2.39. The van der Waals surface area contributed by atoms with Gasteiger partial charge in [0.1, 0.15) is 5.82 Å². The molecule has 5 nitrogen and oxygen atoms in total. The number of sulfonamides is 1. The first-order valence-electron chi connectivity index (χ1n) is 11.6. The van der Waals surface area contributed by atoms with Gasteiger partial charge < -0.3 is 5.11 Å². The van der Waals surface area contributed by atoms with Crippen molar-refractivity contribution in [2.45, 2.75) is 63.5 Å². The van der Waals surface area contributed by atoms with Gasteiger partial charge in [0.15, 0.2) is 5.60 Å². The molecular weight excluding hydrogens is 484 g/mol. The molecule has 2 aliphatic heterocycles. The number of aliphatic hydroxyl groups is 1. The van der Waals surface area contributed by atoms with Gasteiger partial charge >= 0.3 is 6.18 Å². The summed E-state index contributed by atoms with van der Waals surface area (Å²) in [4.78, 5) is 2.24. The molecule has 2 aliphatic rings. The fourth-order valence-electron chi connectivity index (χ4n) is 5.38. The number of benzene rings is 2. The monoisotopic (exact) mass is 514 g/mol. The minimum Gasteiger partial charge on any atom is -0.376 e. The summed E-state index contributed by atoms with van der Waals surface area (Å²) in [5, 5.41) is 9.87. The normalized spacial score (nSPS) is 23.4. The average molecular weight is 515 g/mol. The molecule has 2 aromatic carbocycles. The Labute approximate surface area is 203 Å². The highest BCUT2D eigenvalue weighted by Crippen LogP contribution is 2.40. The molecule has 0 spiro atoms. The number of likely N-dealkylation sites (tertiary alicyclic amines) is 1. The van der Waals surface area contributed by atoms with Crippen LogP contribution >= 0.6 is 0 Å². The second kappa shape index (κ2) is 9.14. The maximum Gasteiger partial charge on any atom is 0.421 e. The highest BCUT2D eigenvalue weighted by Gasteiger charge is 2.51. The summed E-state index contributed by atoms with van der Waals surface area (Å²) in [5.41, 5.74) is -1.07. The maximum atomic E-state index is 14.9. The van der Waals surface area contributed by atoms with Crippen molar-refractivity contribution >= 4 is 10.0 Å². The predicted octanol–water partition coefficient (Wildman–Crippen LogP) is 4.43. The second-order valence-corrected chi connectivity index (χ2v) is 11.7. The highest BCUT2D eigenvalue weighted by atomic mass is 32.2. The third-order valence-electron chi connectivity index (χ3n) is 7.20. The zero-order valence-corrected chi connectivity index (χ0v) is 20.8. The minimum atomic E-state index is -4.93. The van der Waals surface area contributed by atoms with Gasteiger partial charge in [0.2, 0.25) is 10.0 Å². The topological polar surface area (TPSA) is 60.9 Å². The van der Waals surface area contributed by atoms with E-state index < -0.39 is 33.2 Å². The van der Waals surface area contributed by atoms with Crippen LogP contribution in [0.15, 0.2) is 36.4 Å². The Balaban J connectivity index is 1.55. The predicted molar refractivity (Wildman–Crippen MR) is 126 cm³/mol. The zero-order chi connectivity index (χ0) is 25.8. The van der Waals surface area contributed by atoms with E-state index in [1.54, 1.807) is 10.4 Å². The van der Waals surface area contributed by atoms with Gasteiger partial charge in [-0.15, -0.1) is 0 Å². The molecule has 1 N–H and O–H groups in total. The summed E-state index contributed by atoms with van der Waals surface area (Å²) in [6, 6.07) is 8.71. The van der Waals surface area contributed by atoms with Crippen LogP contribution in [-0.2, 0) is 28.6 Å². The molecule has 2 saturated heterocycles. The largest absolute Gasteiger partial charge is 0.421 e. The van der Waals surface area contributed by atoms with Crippen molar-refractivity contribution in [3.05, 3.63) is 58.9 Å². The molecule has 35 heavy (non-hydrogen) atoms. The minimum absolute atomic E-state index is 0.0183. The Kier molecular flexibility index (Phi) is 6.80. The van der Waals surface area contributed by atoms with Gasteiger partial charge in [0.25, 0.3) is 0 Å². The van der Waals surface area contributed by atoms with Crippen molar-refractivity contribution in [3.63, 3.8) is 0 Å². The van der Waals surface area contributed by atoms with Crippen LogP contribution in [-0.4, -0.2) is 60.3 Å². The first-order valence-corrected chi connectivity index (χ1v) is 13.5. The van der Waals surface area contributed by atoms with E-state index in [9.17, 15) is 31.1 Å². The Morgan fingerprint density at radius 1 is 1.03 bits per heavy atom. The van der Waals surface area contributed by atoms with Crippen LogP contribution < -0.4 is 0 Å². The highest BCUT2D eigenvalue weighted by molar-refractivity contribution is 7.88. The van der Waals surface area contributed by atoms with E-state index >= 15 is 0 Å². The third-order valence-corrected chi connectivity index (χ3v) is 8.57. The van der Waals surface area contributed by atoms with Crippen LogP contribution in [0.1, 0.15) is 43.4 Å². The van der Waals surface area contributed by atoms with Crippen molar-refractivity contribution in [2.75, 3.05) is 19.3 Å². The smallest absolute Gasteiger partial charge is 0.376 e. The average Bonchev–Trinajstić information content (AvgIpc) is 3.05. The summed E-state index contributed by atoms with van der Waals surface area (Å²) >= 11 is 0. The van der Waals surface area contributed by atoms with Crippen LogP contribution in [0.2, 0.25) is 0 Å². The van der Waals surface area contributed by atoms with Crippen LogP contribution in [0.25, 0.3) is 11.1 Å². The van der Waals surface area contributed by atoms with Gasteiger partial charge in [-0.25, -0.2) is 12.8 Å². The second-order valence-electron chi connectivity index (χ2n) is 9.78. The summed E-state index contributed by atoms with van der Waals surface area (Å²) < 4.78 is 80.3. The number of halogens is 4. The van der Waals surface area contributed by atoms with Gasteiger partial charge in [-0.1, -0.05) is 37.3 Å². The molecule has 3 unspecified atom stereocenters. The summed E-state index contributed by atoms with van der Waals surface area (Å²) in [7, 11) is -3.24. The van der Waals surface area contributed by atoms with Gasteiger partial charge in [-0.2, -0.15) is 17.5 Å². The molecule has 192 valence electrons. The number of fused-ring (bicyclic) bond motifs is 2. The molecule has 0 aliphatic carbocycles. The molecule has 0 saturated carbocycles. The van der Waals surface area contributed by atoms with Gasteiger partial charge in [-0.3, -0.25) is 4.90 Å². The van der Waals surface area contributed by atoms with Crippen LogP contribution in [0.4, 0.5) is 17.6 Å². The van der Waals surface area contributed by atoms with Crippen molar-refractivity contribution in [1.82, 2.24) is 9.21 Å². The zero-order valence-electron chi connectivity index (χ0n) is 19.9. The van der Waals surface area contributed by atoms with E-state index in [0.29, 0.717) is 38.5 Å².